The predicted molar refractivity (Wildman–Crippen MR) is 39.2 cm³/mol. The normalized spacial score (nSPS) is 12.5. The van der Waals surface area contributed by atoms with Crippen LogP contribution in [0.25, 0.3) is 0 Å². The molecule has 0 saturated heterocycles. The van der Waals surface area contributed by atoms with Crippen LogP contribution in [0.15, 0.2) is 0 Å². The molecule has 0 aliphatic heterocycles. The summed E-state index contributed by atoms with van der Waals surface area (Å²) in [7, 11) is 0. The van der Waals surface area contributed by atoms with Gasteiger partial charge >= 0.3 is 12.3 Å². The lowest BCUT2D eigenvalue weighted by Crippen LogP contribution is -2.19. The van der Waals surface area contributed by atoms with Crippen molar-refractivity contribution in [2.45, 2.75) is 45.0 Å². The number of halogens is 4. The van der Waals surface area contributed by atoms with Crippen LogP contribution in [0.4, 0.5) is 17.6 Å². The first-order valence-electron chi connectivity index (χ1n) is 4.07. The van der Waals surface area contributed by atoms with Crippen LogP contribution in [-0.2, 0) is 0 Å². The Morgan fingerprint density at radius 3 is 2.08 bits per heavy atom. The molecule has 0 heterocycles. The molecule has 0 aromatic rings. The Balaban J connectivity index is 3.47. The quantitative estimate of drug-likeness (QED) is 0.433. The van der Waals surface area contributed by atoms with Crippen molar-refractivity contribution in [2.75, 3.05) is 0 Å². The maximum absolute atomic E-state index is 12.2. The Bertz CT molecular complexity index is 112. The molecule has 0 aliphatic rings. The molecule has 73 valence electrons. The Labute approximate surface area is 70.0 Å². The van der Waals surface area contributed by atoms with Gasteiger partial charge in [0.25, 0.3) is 0 Å². The SMILES string of the molecule is CCCCCCC(F)(F)[C](F)F. The monoisotopic (exact) mass is 185 g/mol. The summed E-state index contributed by atoms with van der Waals surface area (Å²) in [6.07, 6.45) is -0.997. The van der Waals surface area contributed by atoms with Gasteiger partial charge in [-0.15, -0.1) is 0 Å². The zero-order valence-electron chi connectivity index (χ0n) is 7.05. The van der Waals surface area contributed by atoms with Crippen LogP contribution in [0, 0.1) is 6.43 Å². The van der Waals surface area contributed by atoms with Gasteiger partial charge < -0.3 is 0 Å². The second-order valence-corrected chi connectivity index (χ2v) is 2.78. The van der Waals surface area contributed by atoms with E-state index in [2.05, 4.69) is 0 Å². The molecule has 0 N–H and O–H groups in total. The van der Waals surface area contributed by atoms with E-state index in [1.807, 2.05) is 6.92 Å². The molecule has 0 spiro atoms. The van der Waals surface area contributed by atoms with Gasteiger partial charge in [-0.05, 0) is 6.42 Å². The third-order valence-corrected chi connectivity index (χ3v) is 1.62. The Hall–Kier alpha value is -0.280. The van der Waals surface area contributed by atoms with Gasteiger partial charge in [0.15, 0.2) is 0 Å². The lowest BCUT2D eigenvalue weighted by Gasteiger charge is -2.12. The lowest BCUT2D eigenvalue weighted by atomic mass is 10.1. The fourth-order valence-electron chi connectivity index (χ4n) is 0.868. The fraction of sp³-hybridized carbons (Fsp3) is 0.875. The standard InChI is InChI=1S/C8H13F4/c1-2-3-4-5-6-8(11,12)7(9)10/h2-6H2,1H3. The number of hydrogen-bond donors (Lipinski definition) is 0. The van der Waals surface area contributed by atoms with E-state index in [1.54, 1.807) is 0 Å². The molecule has 0 rings (SSSR count). The van der Waals surface area contributed by atoms with E-state index in [4.69, 9.17) is 0 Å². The summed E-state index contributed by atoms with van der Waals surface area (Å²) in [6, 6.07) is 0. The third-order valence-electron chi connectivity index (χ3n) is 1.62. The van der Waals surface area contributed by atoms with Crippen molar-refractivity contribution in [3.8, 4) is 0 Å². The molecule has 0 aliphatic carbocycles. The smallest absolute Gasteiger partial charge is 0.200 e. The molecule has 0 saturated carbocycles. The lowest BCUT2D eigenvalue weighted by molar-refractivity contribution is -0.0670. The van der Waals surface area contributed by atoms with Crippen molar-refractivity contribution < 1.29 is 17.6 Å². The highest BCUT2D eigenvalue weighted by Crippen LogP contribution is 2.33. The van der Waals surface area contributed by atoms with Crippen molar-refractivity contribution in [2.24, 2.45) is 0 Å². The molecule has 0 nitrogen and oxygen atoms in total. The predicted octanol–water partition coefficient (Wildman–Crippen LogP) is 4.02. The second-order valence-electron chi connectivity index (χ2n) is 2.78. The first-order chi connectivity index (χ1) is 5.50. The minimum atomic E-state index is -3.87. The van der Waals surface area contributed by atoms with Crippen LogP contribution in [0.2, 0.25) is 0 Å². The van der Waals surface area contributed by atoms with Crippen LogP contribution < -0.4 is 0 Å². The molecule has 0 aromatic heterocycles. The molecule has 4 heteroatoms. The molecular formula is C8H13F4. The minimum absolute atomic E-state index is 0.165. The topological polar surface area (TPSA) is 0 Å². The van der Waals surface area contributed by atoms with Crippen LogP contribution in [0.1, 0.15) is 39.0 Å². The molecule has 0 bridgehead atoms. The van der Waals surface area contributed by atoms with E-state index in [0.717, 1.165) is 12.8 Å². The first-order valence-corrected chi connectivity index (χ1v) is 4.07. The molecule has 0 aromatic carbocycles. The largest absolute Gasteiger partial charge is 0.378 e. The summed E-state index contributed by atoms with van der Waals surface area (Å²) < 4.78 is 47.4. The molecule has 1 radical (unpaired) electrons. The van der Waals surface area contributed by atoms with Crippen LogP contribution in [-0.4, -0.2) is 5.92 Å². The average molecular weight is 185 g/mol. The maximum atomic E-state index is 12.2. The van der Waals surface area contributed by atoms with Gasteiger partial charge in [0.1, 0.15) is 0 Å². The van der Waals surface area contributed by atoms with Gasteiger partial charge in [-0.25, -0.2) is 0 Å². The highest BCUT2D eigenvalue weighted by molar-refractivity contribution is 4.82. The summed E-state index contributed by atoms with van der Waals surface area (Å²) >= 11 is 0. The number of rotatable bonds is 6. The molecular weight excluding hydrogens is 172 g/mol. The van der Waals surface area contributed by atoms with Gasteiger partial charge in [0, 0.05) is 6.42 Å². The zero-order chi connectivity index (χ0) is 9.61. The molecule has 0 unspecified atom stereocenters. The Morgan fingerprint density at radius 2 is 1.67 bits per heavy atom. The summed E-state index contributed by atoms with van der Waals surface area (Å²) in [5, 5.41) is 0. The van der Waals surface area contributed by atoms with E-state index >= 15 is 0 Å². The summed E-state index contributed by atoms with van der Waals surface area (Å²) in [4.78, 5) is 0. The van der Waals surface area contributed by atoms with Gasteiger partial charge in [-0.2, -0.15) is 17.6 Å². The highest BCUT2D eigenvalue weighted by atomic mass is 19.3. The fourth-order valence-corrected chi connectivity index (χ4v) is 0.868. The molecule has 0 atom stereocenters. The Kier molecular flexibility index (Phi) is 5.25. The van der Waals surface area contributed by atoms with E-state index in [1.165, 1.54) is 0 Å². The van der Waals surface area contributed by atoms with E-state index in [9.17, 15) is 17.6 Å². The minimum Gasteiger partial charge on any atom is -0.200 e. The van der Waals surface area contributed by atoms with E-state index < -0.39 is 18.8 Å². The number of alkyl halides is 2. The number of unbranched alkanes of at least 4 members (excludes halogenated alkanes) is 3. The van der Waals surface area contributed by atoms with Crippen molar-refractivity contribution in [1.82, 2.24) is 0 Å². The molecule has 0 amide bonds. The van der Waals surface area contributed by atoms with Gasteiger partial charge in [0.2, 0.25) is 0 Å². The first kappa shape index (κ1) is 11.7. The second kappa shape index (κ2) is 5.38. The molecule has 0 fully saturated rings. The Morgan fingerprint density at radius 1 is 1.08 bits per heavy atom. The summed E-state index contributed by atoms with van der Waals surface area (Å²) in [5.74, 6) is -3.87. The zero-order valence-corrected chi connectivity index (χ0v) is 7.05. The van der Waals surface area contributed by atoms with Gasteiger partial charge in [0.05, 0.1) is 0 Å². The molecule has 12 heavy (non-hydrogen) atoms. The van der Waals surface area contributed by atoms with Crippen LogP contribution >= 0.6 is 0 Å². The van der Waals surface area contributed by atoms with Gasteiger partial charge in [-0.1, -0.05) is 26.2 Å². The summed E-state index contributed by atoms with van der Waals surface area (Å²) in [5.41, 5.74) is 0. The average Bonchev–Trinajstić information content (AvgIpc) is 1.98. The van der Waals surface area contributed by atoms with Crippen molar-refractivity contribution in [3.05, 3.63) is 6.43 Å². The van der Waals surface area contributed by atoms with Crippen molar-refractivity contribution >= 4 is 0 Å². The summed E-state index contributed by atoms with van der Waals surface area (Å²) in [6.45, 7) is 1.93. The number of hydrogen-bond acceptors (Lipinski definition) is 0. The third kappa shape index (κ3) is 4.57. The van der Waals surface area contributed by atoms with E-state index in [-0.39, 0.29) is 6.42 Å². The van der Waals surface area contributed by atoms with E-state index in [0.29, 0.717) is 6.42 Å². The highest BCUT2D eigenvalue weighted by Gasteiger charge is 2.41. The van der Waals surface area contributed by atoms with Gasteiger partial charge in [-0.3, -0.25) is 0 Å². The van der Waals surface area contributed by atoms with Crippen molar-refractivity contribution in [3.63, 3.8) is 0 Å². The van der Waals surface area contributed by atoms with Crippen LogP contribution in [0.5, 0.6) is 0 Å². The maximum Gasteiger partial charge on any atom is 0.378 e. The van der Waals surface area contributed by atoms with Crippen molar-refractivity contribution in [1.29, 1.82) is 0 Å². The van der Waals surface area contributed by atoms with Crippen LogP contribution in [0.3, 0.4) is 0 Å².